The molecule has 0 aromatic heterocycles. The lowest BCUT2D eigenvalue weighted by Gasteiger charge is -2.03. The molecule has 126 valence electrons. The molecule has 0 bridgehead atoms. The van der Waals surface area contributed by atoms with Gasteiger partial charge < -0.3 is 5.11 Å². The van der Waals surface area contributed by atoms with Crippen molar-refractivity contribution in [1.82, 2.24) is 0 Å². The molecule has 0 aromatic rings. The second-order valence-electron chi connectivity index (χ2n) is 5.93. The molecule has 0 amide bonds. The van der Waals surface area contributed by atoms with Crippen LogP contribution in [0.3, 0.4) is 0 Å². The molecule has 0 heterocycles. The maximum absolute atomic E-state index is 10.3. The molecule has 2 nitrogen and oxygen atoms in total. The quantitative estimate of drug-likeness (QED) is 0.181. The van der Waals surface area contributed by atoms with Gasteiger partial charge in [0.25, 0.3) is 0 Å². The van der Waals surface area contributed by atoms with E-state index in [2.05, 4.69) is 11.7 Å². The Labute approximate surface area is 140 Å². The van der Waals surface area contributed by atoms with Crippen LogP contribution in [-0.2, 0) is 4.79 Å². The van der Waals surface area contributed by atoms with E-state index in [1.807, 2.05) is 0 Å². The first-order chi connectivity index (χ1) is 10.3. The van der Waals surface area contributed by atoms with E-state index < -0.39 is 5.97 Å². The van der Waals surface area contributed by atoms with Gasteiger partial charge in [0, 0.05) is 12.2 Å². The van der Waals surface area contributed by atoms with Gasteiger partial charge in [-0.15, -0.1) is 11.7 Å². The summed E-state index contributed by atoms with van der Waals surface area (Å²) in [4.78, 5) is 10.3. The van der Waals surface area contributed by atoms with Gasteiger partial charge in [-0.2, -0.15) is 0 Å². The summed E-state index contributed by atoms with van der Waals surface area (Å²) in [6, 6.07) is 0. The predicted molar refractivity (Wildman–Crippen MR) is 98.3 cm³/mol. The number of thiol groups is 1. The first kappa shape index (κ1) is 21.2. The van der Waals surface area contributed by atoms with Gasteiger partial charge in [-0.05, 0) is 12.8 Å². The van der Waals surface area contributed by atoms with Gasteiger partial charge in [-0.25, -0.2) is 0 Å². The maximum atomic E-state index is 10.3. The van der Waals surface area contributed by atoms with Crippen LogP contribution in [0.25, 0.3) is 0 Å². The van der Waals surface area contributed by atoms with Gasteiger partial charge in [0.05, 0.1) is 0 Å². The lowest BCUT2D eigenvalue weighted by Crippen LogP contribution is -1.93. The van der Waals surface area contributed by atoms with Gasteiger partial charge in [-0.3, -0.25) is 4.79 Å². The summed E-state index contributed by atoms with van der Waals surface area (Å²) in [6.07, 6.45) is 18.5. The van der Waals surface area contributed by atoms with Crippen molar-refractivity contribution in [3.05, 3.63) is 0 Å². The highest BCUT2D eigenvalue weighted by atomic mass is 33.1. The Morgan fingerprint density at radius 3 is 1.33 bits per heavy atom. The second-order valence-corrected chi connectivity index (χ2v) is 7.37. The van der Waals surface area contributed by atoms with E-state index in [9.17, 15) is 4.79 Å². The third-order valence-electron chi connectivity index (χ3n) is 3.88. The molecule has 0 saturated carbocycles. The summed E-state index contributed by atoms with van der Waals surface area (Å²) in [5, 5.41) is 8.52. The topological polar surface area (TPSA) is 37.3 Å². The normalized spacial score (nSPS) is 10.9. The molecule has 0 aliphatic heterocycles. The molecule has 0 radical (unpaired) electrons. The van der Waals surface area contributed by atoms with E-state index in [-0.39, 0.29) is 0 Å². The van der Waals surface area contributed by atoms with E-state index >= 15 is 0 Å². The highest BCUT2D eigenvalue weighted by molar-refractivity contribution is 8.68. The number of carboxylic acids is 1. The molecule has 0 atom stereocenters. The number of hydrogen-bond acceptors (Lipinski definition) is 3. The van der Waals surface area contributed by atoms with Gasteiger partial charge >= 0.3 is 5.97 Å². The zero-order valence-electron chi connectivity index (χ0n) is 13.5. The van der Waals surface area contributed by atoms with Crippen LogP contribution in [0.1, 0.15) is 96.3 Å². The van der Waals surface area contributed by atoms with Crippen LogP contribution < -0.4 is 0 Å². The van der Waals surface area contributed by atoms with Crippen LogP contribution in [0.4, 0.5) is 0 Å². The van der Waals surface area contributed by atoms with E-state index in [4.69, 9.17) is 5.11 Å². The molecule has 0 aliphatic rings. The number of unbranched alkanes of at least 4 members (excludes halogenated alkanes) is 13. The summed E-state index contributed by atoms with van der Waals surface area (Å²) < 4.78 is 0. The highest BCUT2D eigenvalue weighted by Crippen LogP contribution is 2.14. The van der Waals surface area contributed by atoms with Gasteiger partial charge in [0.2, 0.25) is 0 Å². The maximum Gasteiger partial charge on any atom is 0.303 e. The molecule has 1 N–H and O–H groups in total. The minimum absolute atomic E-state index is 0.341. The van der Waals surface area contributed by atoms with E-state index in [1.54, 1.807) is 10.8 Å². The molecule has 0 aliphatic carbocycles. The van der Waals surface area contributed by atoms with E-state index in [0.717, 1.165) is 12.8 Å². The van der Waals surface area contributed by atoms with Gasteiger partial charge in [0.15, 0.2) is 0 Å². The molecule has 21 heavy (non-hydrogen) atoms. The van der Waals surface area contributed by atoms with Crippen molar-refractivity contribution in [3.8, 4) is 0 Å². The zero-order chi connectivity index (χ0) is 15.6. The van der Waals surface area contributed by atoms with E-state index in [1.165, 1.54) is 82.8 Å². The fraction of sp³-hybridized carbons (Fsp3) is 0.941. The van der Waals surface area contributed by atoms with Crippen LogP contribution >= 0.6 is 22.5 Å². The number of hydrogen-bond donors (Lipinski definition) is 2. The van der Waals surface area contributed by atoms with Crippen molar-refractivity contribution < 1.29 is 9.90 Å². The molecule has 0 saturated heterocycles. The van der Waals surface area contributed by atoms with Crippen molar-refractivity contribution in [2.75, 3.05) is 5.75 Å². The third-order valence-corrected chi connectivity index (χ3v) is 4.90. The molecular weight excluding hydrogens is 300 g/mol. The Balaban J connectivity index is 2.95. The highest BCUT2D eigenvalue weighted by Gasteiger charge is 1.97. The van der Waals surface area contributed by atoms with Gasteiger partial charge in [0.1, 0.15) is 0 Å². The van der Waals surface area contributed by atoms with Crippen molar-refractivity contribution in [2.24, 2.45) is 0 Å². The predicted octanol–water partition coefficient (Wildman–Crippen LogP) is 6.50. The van der Waals surface area contributed by atoms with Gasteiger partial charge in [-0.1, -0.05) is 87.8 Å². The lowest BCUT2D eigenvalue weighted by molar-refractivity contribution is -0.137. The number of rotatable bonds is 17. The smallest absolute Gasteiger partial charge is 0.303 e. The largest absolute Gasteiger partial charge is 0.481 e. The monoisotopic (exact) mass is 334 g/mol. The Kier molecular flexibility index (Phi) is 18.4. The minimum atomic E-state index is -0.657. The molecular formula is C17H34O2S2. The van der Waals surface area contributed by atoms with Crippen LogP contribution in [0, 0.1) is 0 Å². The minimum Gasteiger partial charge on any atom is -0.481 e. The molecule has 0 aromatic carbocycles. The number of carboxylic acid groups (broad SMARTS) is 1. The van der Waals surface area contributed by atoms with Crippen molar-refractivity contribution in [3.63, 3.8) is 0 Å². The first-order valence-electron chi connectivity index (χ1n) is 8.75. The Morgan fingerprint density at radius 1 is 0.667 bits per heavy atom. The fourth-order valence-electron chi connectivity index (χ4n) is 2.56. The zero-order valence-corrected chi connectivity index (χ0v) is 15.2. The average molecular weight is 335 g/mol. The summed E-state index contributed by atoms with van der Waals surface area (Å²) in [7, 11) is 1.66. The summed E-state index contributed by atoms with van der Waals surface area (Å²) >= 11 is 4.14. The molecule has 0 fully saturated rings. The molecule has 4 heteroatoms. The molecule has 0 spiro atoms. The van der Waals surface area contributed by atoms with Crippen molar-refractivity contribution >= 4 is 28.4 Å². The van der Waals surface area contributed by atoms with E-state index in [0.29, 0.717) is 6.42 Å². The van der Waals surface area contributed by atoms with Crippen molar-refractivity contribution in [1.29, 1.82) is 0 Å². The lowest BCUT2D eigenvalue weighted by atomic mass is 10.0. The SMILES string of the molecule is O=C(O)CCCCCCCCCCCCCCCCSS. The number of carbonyl (C=O) groups is 1. The fourth-order valence-corrected chi connectivity index (χ4v) is 3.28. The van der Waals surface area contributed by atoms with Crippen LogP contribution in [0.2, 0.25) is 0 Å². The third kappa shape index (κ3) is 20.2. The average Bonchev–Trinajstić information content (AvgIpc) is 2.46. The van der Waals surface area contributed by atoms with Crippen LogP contribution in [-0.4, -0.2) is 16.8 Å². The Morgan fingerprint density at radius 2 is 1.00 bits per heavy atom. The van der Waals surface area contributed by atoms with Crippen LogP contribution in [0.15, 0.2) is 0 Å². The number of aliphatic carboxylic acids is 1. The summed E-state index contributed by atoms with van der Waals surface area (Å²) in [5.41, 5.74) is 0. The Bertz CT molecular complexity index is 223. The summed E-state index contributed by atoms with van der Waals surface area (Å²) in [5.74, 6) is 0.537. The van der Waals surface area contributed by atoms with Crippen LogP contribution in [0.5, 0.6) is 0 Å². The Hall–Kier alpha value is 0.170. The second kappa shape index (κ2) is 18.2. The standard InChI is InChI=1S/C17H34O2S2/c18-17(19)15-13-11-9-7-5-3-1-2-4-6-8-10-12-14-16-21-20/h20H,1-16H2,(H,18,19). The molecule has 0 unspecified atom stereocenters. The van der Waals surface area contributed by atoms with Crippen molar-refractivity contribution in [2.45, 2.75) is 96.3 Å². The summed E-state index contributed by atoms with van der Waals surface area (Å²) in [6.45, 7) is 0. The first-order valence-corrected chi connectivity index (χ1v) is 10.8. The molecule has 0 rings (SSSR count).